The summed E-state index contributed by atoms with van der Waals surface area (Å²) in [7, 11) is 3.39. The van der Waals surface area contributed by atoms with E-state index < -0.39 is 0 Å². The van der Waals surface area contributed by atoms with E-state index in [9.17, 15) is 0 Å². The Kier molecular flexibility index (Phi) is 5.12. The SMILES string of the molecule is COc1ccc(OC)c(NC2CCN(C(C)C)CC2)c1. The molecule has 0 aromatic heterocycles. The van der Waals surface area contributed by atoms with E-state index in [1.54, 1.807) is 14.2 Å². The molecule has 1 heterocycles. The van der Waals surface area contributed by atoms with Gasteiger partial charge in [0.05, 0.1) is 19.9 Å². The van der Waals surface area contributed by atoms with Crippen LogP contribution in [-0.4, -0.2) is 44.3 Å². The van der Waals surface area contributed by atoms with Gasteiger partial charge in [-0.2, -0.15) is 0 Å². The van der Waals surface area contributed by atoms with E-state index in [4.69, 9.17) is 9.47 Å². The number of hydrogen-bond acceptors (Lipinski definition) is 4. The van der Waals surface area contributed by atoms with Crippen molar-refractivity contribution in [2.24, 2.45) is 0 Å². The Morgan fingerprint density at radius 1 is 1.15 bits per heavy atom. The molecule has 1 aromatic rings. The minimum atomic E-state index is 0.506. The van der Waals surface area contributed by atoms with Crippen molar-refractivity contribution in [2.45, 2.75) is 38.8 Å². The largest absolute Gasteiger partial charge is 0.497 e. The van der Waals surface area contributed by atoms with Crippen LogP contribution in [0.1, 0.15) is 26.7 Å². The molecule has 1 aromatic carbocycles. The molecule has 2 rings (SSSR count). The molecule has 1 aliphatic heterocycles. The molecule has 1 saturated heterocycles. The lowest BCUT2D eigenvalue weighted by Crippen LogP contribution is -2.42. The number of anilines is 1. The Morgan fingerprint density at radius 3 is 2.40 bits per heavy atom. The molecule has 4 heteroatoms. The molecule has 0 spiro atoms. The number of nitrogens with zero attached hydrogens (tertiary/aromatic N) is 1. The third kappa shape index (κ3) is 3.57. The van der Waals surface area contributed by atoms with E-state index in [2.05, 4.69) is 24.1 Å². The normalized spacial score (nSPS) is 17.2. The third-order valence-corrected chi connectivity index (χ3v) is 4.03. The predicted molar refractivity (Wildman–Crippen MR) is 82.9 cm³/mol. The number of nitrogens with one attached hydrogen (secondary N) is 1. The van der Waals surface area contributed by atoms with Crippen LogP contribution in [0.15, 0.2) is 18.2 Å². The Hall–Kier alpha value is -1.42. The highest BCUT2D eigenvalue weighted by atomic mass is 16.5. The van der Waals surface area contributed by atoms with Gasteiger partial charge in [-0.25, -0.2) is 0 Å². The average Bonchev–Trinajstić information content (AvgIpc) is 2.47. The molecule has 1 fully saturated rings. The molecule has 1 N–H and O–H groups in total. The number of ether oxygens (including phenoxy) is 2. The summed E-state index contributed by atoms with van der Waals surface area (Å²) < 4.78 is 10.7. The summed E-state index contributed by atoms with van der Waals surface area (Å²) in [5.41, 5.74) is 1.02. The van der Waals surface area contributed by atoms with E-state index in [1.807, 2.05) is 18.2 Å². The molecule has 0 atom stereocenters. The first-order valence-electron chi connectivity index (χ1n) is 7.36. The molecule has 20 heavy (non-hydrogen) atoms. The lowest BCUT2D eigenvalue weighted by Gasteiger charge is -2.35. The van der Waals surface area contributed by atoms with E-state index in [-0.39, 0.29) is 0 Å². The Bertz CT molecular complexity index is 426. The van der Waals surface area contributed by atoms with Gasteiger partial charge < -0.3 is 19.7 Å². The van der Waals surface area contributed by atoms with Crippen molar-refractivity contribution in [1.82, 2.24) is 4.90 Å². The van der Waals surface area contributed by atoms with Gasteiger partial charge in [0.25, 0.3) is 0 Å². The van der Waals surface area contributed by atoms with Crippen molar-refractivity contribution in [2.75, 3.05) is 32.6 Å². The molecular weight excluding hydrogens is 252 g/mol. The summed E-state index contributed by atoms with van der Waals surface area (Å²) in [4.78, 5) is 2.53. The predicted octanol–water partition coefficient (Wildman–Crippen LogP) is 2.99. The molecule has 0 saturated carbocycles. The maximum Gasteiger partial charge on any atom is 0.142 e. The standard InChI is InChI=1S/C16H26N2O2/c1-12(2)18-9-7-13(8-10-18)17-15-11-14(19-3)5-6-16(15)20-4/h5-6,11-13,17H,7-10H2,1-4H3. The molecule has 112 valence electrons. The van der Waals surface area contributed by atoms with Gasteiger partial charge in [-0.05, 0) is 38.8 Å². The summed E-state index contributed by atoms with van der Waals surface area (Å²) in [6.07, 6.45) is 2.33. The molecule has 0 amide bonds. The van der Waals surface area contributed by atoms with Crippen LogP contribution in [0.4, 0.5) is 5.69 Å². The molecule has 0 bridgehead atoms. The van der Waals surface area contributed by atoms with E-state index in [1.165, 1.54) is 12.8 Å². The van der Waals surface area contributed by atoms with Crippen LogP contribution in [0.3, 0.4) is 0 Å². The first-order chi connectivity index (χ1) is 9.63. The number of rotatable bonds is 5. The van der Waals surface area contributed by atoms with Gasteiger partial charge in [0.15, 0.2) is 0 Å². The van der Waals surface area contributed by atoms with Crippen molar-refractivity contribution < 1.29 is 9.47 Å². The van der Waals surface area contributed by atoms with Crippen LogP contribution >= 0.6 is 0 Å². The first-order valence-corrected chi connectivity index (χ1v) is 7.36. The Labute approximate surface area is 122 Å². The van der Waals surface area contributed by atoms with Crippen molar-refractivity contribution in [1.29, 1.82) is 0 Å². The molecule has 0 unspecified atom stereocenters. The number of methoxy groups -OCH3 is 2. The second-order valence-corrected chi connectivity index (χ2v) is 5.61. The van der Waals surface area contributed by atoms with Gasteiger partial charge >= 0.3 is 0 Å². The molecule has 4 nitrogen and oxygen atoms in total. The lowest BCUT2D eigenvalue weighted by molar-refractivity contribution is 0.177. The second-order valence-electron chi connectivity index (χ2n) is 5.61. The summed E-state index contributed by atoms with van der Waals surface area (Å²) in [6, 6.07) is 7.03. The van der Waals surface area contributed by atoms with Crippen molar-refractivity contribution in [3.63, 3.8) is 0 Å². The molecule has 0 radical (unpaired) electrons. The van der Waals surface area contributed by atoms with Crippen LogP contribution in [0.25, 0.3) is 0 Å². The van der Waals surface area contributed by atoms with Crippen molar-refractivity contribution in [3.8, 4) is 11.5 Å². The topological polar surface area (TPSA) is 33.7 Å². The molecular formula is C16H26N2O2. The lowest BCUT2D eigenvalue weighted by atomic mass is 10.0. The number of hydrogen-bond donors (Lipinski definition) is 1. The maximum absolute atomic E-state index is 5.42. The zero-order chi connectivity index (χ0) is 14.5. The van der Waals surface area contributed by atoms with Crippen LogP contribution in [0.2, 0.25) is 0 Å². The Balaban J connectivity index is 2.00. The highest BCUT2D eigenvalue weighted by Gasteiger charge is 2.21. The van der Waals surface area contributed by atoms with Crippen LogP contribution in [0.5, 0.6) is 11.5 Å². The van der Waals surface area contributed by atoms with Gasteiger partial charge in [0, 0.05) is 31.2 Å². The Morgan fingerprint density at radius 2 is 1.85 bits per heavy atom. The summed E-state index contributed by atoms with van der Waals surface area (Å²) in [5.74, 6) is 1.73. The zero-order valence-corrected chi connectivity index (χ0v) is 13.0. The van der Waals surface area contributed by atoms with Crippen LogP contribution < -0.4 is 14.8 Å². The molecule has 0 aliphatic carbocycles. The highest BCUT2D eigenvalue weighted by Crippen LogP contribution is 2.30. The van der Waals surface area contributed by atoms with Gasteiger partial charge in [-0.1, -0.05) is 0 Å². The quantitative estimate of drug-likeness (QED) is 0.898. The van der Waals surface area contributed by atoms with E-state index in [0.717, 1.165) is 30.3 Å². The fourth-order valence-corrected chi connectivity index (χ4v) is 2.71. The molecule has 1 aliphatic rings. The highest BCUT2D eigenvalue weighted by molar-refractivity contribution is 5.60. The number of benzene rings is 1. The summed E-state index contributed by atoms with van der Waals surface area (Å²) in [5, 5.41) is 3.60. The fraction of sp³-hybridized carbons (Fsp3) is 0.625. The second kappa shape index (κ2) is 6.84. The number of piperidine rings is 1. The fourth-order valence-electron chi connectivity index (χ4n) is 2.71. The summed E-state index contributed by atoms with van der Waals surface area (Å²) >= 11 is 0. The third-order valence-electron chi connectivity index (χ3n) is 4.03. The zero-order valence-electron chi connectivity index (χ0n) is 13.0. The van der Waals surface area contributed by atoms with Gasteiger partial charge in [-0.15, -0.1) is 0 Å². The van der Waals surface area contributed by atoms with Gasteiger partial charge in [0.1, 0.15) is 11.5 Å². The van der Waals surface area contributed by atoms with Crippen molar-refractivity contribution in [3.05, 3.63) is 18.2 Å². The average molecular weight is 278 g/mol. The van der Waals surface area contributed by atoms with Crippen molar-refractivity contribution >= 4 is 5.69 Å². The maximum atomic E-state index is 5.42. The van der Waals surface area contributed by atoms with Gasteiger partial charge in [0.2, 0.25) is 0 Å². The monoisotopic (exact) mass is 278 g/mol. The number of likely N-dealkylation sites (tertiary alicyclic amines) is 1. The van der Waals surface area contributed by atoms with E-state index in [0.29, 0.717) is 12.1 Å². The van der Waals surface area contributed by atoms with Gasteiger partial charge in [-0.3, -0.25) is 0 Å². The smallest absolute Gasteiger partial charge is 0.142 e. The van der Waals surface area contributed by atoms with Crippen LogP contribution in [0, 0.1) is 0 Å². The van der Waals surface area contributed by atoms with Crippen LogP contribution in [-0.2, 0) is 0 Å². The van der Waals surface area contributed by atoms with E-state index >= 15 is 0 Å². The summed E-state index contributed by atoms with van der Waals surface area (Å²) in [6.45, 7) is 6.83. The minimum Gasteiger partial charge on any atom is -0.497 e. The minimum absolute atomic E-state index is 0.506. The first kappa shape index (κ1) is 15.0.